The Morgan fingerprint density at radius 1 is 1.60 bits per heavy atom. The van der Waals surface area contributed by atoms with Crippen molar-refractivity contribution >= 4 is 38.6 Å². The molecule has 10 heteroatoms. The van der Waals surface area contributed by atoms with E-state index in [2.05, 4.69) is 4.98 Å². The highest BCUT2D eigenvalue weighted by Gasteiger charge is 2.35. The molecule has 1 amide bonds. The van der Waals surface area contributed by atoms with Gasteiger partial charge in [-0.05, 0) is 6.92 Å². The Morgan fingerprint density at radius 3 is 2.75 bits per heavy atom. The molecule has 0 saturated carbocycles. The fourth-order valence-electron chi connectivity index (χ4n) is 2.06. The molecule has 1 aliphatic heterocycles. The molecule has 1 saturated heterocycles. The summed E-state index contributed by atoms with van der Waals surface area (Å²) < 4.78 is 33.8. The van der Waals surface area contributed by atoms with Gasteiger partial charge in [-0.1, -0.05) is 11.3 Å². The number of rotatable bonds is 4. The van der Waals surface area contributed by atoms with Crippen molar-refractivity contribution in [1.29, 1.82) is 0 Å². The topological polar surface area (TPSA) is 105 Å². The minimum absolute atomic E-state index is 0.0218. The van der Waals surface area contributed by atoms with Crippen LogP contribution in [0.4, 0.5) is 9.02 Å². The molecule has 1 fully saturated rings. The Hall–Kier alpha value is -1.55. The zero-order valence-electron chi connectivity index (χ0n) is 10.4. The van der Waals surface area contributed by atoms with Crippen LogP contribution in [-0.2, 0) is 15.0 Å². The van der Waals surface area contributed by atoms with E-state index < -0.39 is 27.9 Å². The molecular formula is C10H11FN2O5S2. The number of aromatic carboxylic acids is 1. The molecule has 1 aromatic rings. The van der Waals surface area contributed by atoms with Gasteiger partial charge in [-0.2, -0.15) is 8.42 Å². The fraction of sp³-hybridized carbons (Fsp3) is 0.500. The summed E-state index contributed by atoms with van der Waals surface area (Å²) in [6.07, 6.45) is -0.0931. The average Bonchev–Trinajstić information content (AvgIpc) is 2.79. The van der Waals surface area contributed by atoms with Crippen molar-refractivity contribution in [3.05, 3.63) is 10.6 Å². The van der Waals surface area contributed by atoms with E-state index in [1.807, 2.05) is 0 Å². The van der Waals surface area contributed by atoms with Crippen LogP contribution in [0.15, 0.2) is 0 Å². The quantitative estimate of drug-likeness (QED) is 0.822. The number of hydrogen-bond donors (Lipinski definition) is 1. The summed E-state index contributed by atoms with van der Waals surface area (Å²) in [6.45, 7) is 1.53. The summed E-state index contributed by atoms with van der Waals surface area (Å²) in [5, 5.41) is 9.13. The van der Waals surface area contributed by atoms with Gasteiger partial charge in [-0.15, -0.1) is 3.89 Å². The van der Waals surface area contributed by atoms with Gasteiger partial charge in [0.2, 0.25) is 5.91 Å². The summed E-state index contributed by atoms with van der Waals surface area (Å²) >= 11 is 0.840. The summed E-state index contributed by atoms with van der Waals surface area (Å²) in [7, 11) is -4.64. The lowest BCUT2D eigenvalue weighted by atomic mass is 10.1. The van der Waals surface area contributed by atoms with Crippen molar-refractivity contribution in [3.8, 4) is 0 Å². The Bertz CT molecular complexity index is 669. The van der Waals surface area contributed by atoms with Crippen molar-refractivity contribution in [2.45, 2.75) is 13.3 Å². The van der Waals surface area contributed by atoms with Crippen molar-refractivity contribution in [2.75, 3.05) is 17.2 Å². The van der Waals surface area contributed by atoms with Gasteiger partial charge in [0.1, 0.15) is 4.88 Å². The summed E-state index contributed by atoms with van der Waals surface area (Å²) in [6, 6.07) is 0. The Kier molecular flexibility index (Phi) is 3.78. The number of aromatic nitrogens is 1. The standard InChI is InChI=1S/C10H11FN2O5S2/c1-5-8(9(15)16)19-10(12-5)13-3-6(2-7(13)14)4-20(11,17)18/h6H,2-4H2,1H3,(H,15,16). The molecule has 110 valence electrons. The Labute approximate surface area is 118 Å². The summed E-state index contributed by atoms with van der Waals surface area (Å²) in [5.41, 5.74) is 0.284. The Balaban J connectivity index is 2.20. The third-order valence-electron chi connectivity index (χ3n) is 2.85. The van der Waals surface area contributed by atoms with Gasteiger partial charge in [-0.25, -0.2) is 9.78 Å². The highest BCUT2D eigenvalue weighted by molar-refractivity contribution is 7.86. The van der Waals surface area contributed by atoms with E-state index in [9.17, 15) is 21.9 Å². The molecule has 20 heavy (non-hydrogen) atoms. The van der Waals surface area contributed by atoms with Crippen LogP contribution in [0, 0.1) is 12.8 Å². The van der Waals surface area contributed by atoms with Crippen LogP contribution >= 0.6 is 11.3 Å². The number of thiazole rings is 1. The maximum Gasteiger partial charge on any atom is 0.347 e. The maximum absolute atomic E-state index is 12.6. The summed E-state index contributed by atoms with van der Waals surface area (Å²) in [4.78, 5) is 27.9. The number of carbonyl (C=O) groups is 2. The highest BCUT2D eigenvalue weighted by atomic mass is 32.3. The van der Waals surface area contributed by atoms with E-state index in [0.717, 1.165) is 11.3 Å². The first-order valence-electron chi connectivity index (χ1n) is 5.61. The molecule has 1 atom stereocenters. The molecule has 0 bridgehead atoms. The maximum atomic E-state index is 12.6. The van der Waals surface area contributed by atoms with Gasteiger partial charge in [0, 0.05) is 18.9 Å². The first kappa shape index (κ1) is 14.9. The number of carboxylic acids is 1. The second-order valence-electron chi connectivity index (χ2n) is 4.50. The predicted molar refractivity (Wildman–Crippen MR) is 69.2 cm³/mol. The van der Waals surface area contributed by atoms with Crippen molar-refractivity contribution in [2.24, 2.45) is 5.92 Å². The number of halogens is 1. The Morgan fingerprint density at radius 2 is 2.25 bits per heavy atom. The van der Waals surface area contributed by atoms with E-state index in [0.29, 0.717) is 0 Å². The van der Waals surface area contributed by atoms with Gasteiger partial charge >= 0.3 is 16.2 Å². The van der Waals surface area contributed by atoms with Gasteiger partial charge in [-0.3, -0.25) is 9.69 Å². The van der Waals surface area contributed by atoms with Crippen LogP contribution in [0.3, 0.4) is 0 Å². The fourth-order valence-corrected chi connectivity index (χ4v) is 3.77. The zero-order valence-corrected chi connectivity index (χ0v) is 12.0. The third kappa shape index (κ3) is 3.12. The number of nitrogens with zero attached hydrogens (tertiary/aromatic N) is 2. The van der Waals surface area contributed by atoms with Crippen LogP contribution in [-0.4, -0.2) is 42.7 Å². The first-order chi connectivity index (χ1) is 9.17. The molecule has 1 aliphatic rings. The van der Waals surface area contributed by atoms with Crippen LogP contribution in [0.2, 0.25) is 0 Å². The van der Waals surface area contributed by atoms with E-state index in [1.165, 1.54) is 11.8 Å². The monoisotopic (exact) mass is 322 g/mol. The summed E-state index contributed by atoms with van der Waals surface area (Å²) in [5.74, 6) is -2.88. The van der Waals surface area contributed by atoms with E-state index in [1.54, 1.807) is 0 Å². The second-order valence-corrected chi connectivity index (χ2v) is 6.88. The molecule has 0 aromatic carbocycles. The lowest BCUT2D eigenvalue weighted by Crippen LogP contribution is -2.25. The molecule has 0 spiro atoms. The highest BCUT2D eigenvalue weighted by Crippen LogP contribution is 2.31. The number of anilines is 1. The minimum atomic E-state index is -4.64. The largest absolute Gasteiger partial charge is 0.477 e. The average molecular weight is 322 g/mol. The van der Waals surface area contributed by atoms with Crippen molar-refractivity contribution in [1.82, 2.24) is 4.98 Å². The predicted octanol–water partition coefficient (Wildman–Crippen LogP) is 0.802. The van der Waals surface area contributed by atoms with Gasteiger partial charge in [0.15, 0.2) is 5.13 Å². The van der Waals surface area contributed by atoms with Crippen LogP contribution < -0.4 is 4.90 Å². The second kappa shape index (κ2) is 5.09. The lowest BCUT2D eigenvalue weighted by Gasteiger charge is -2.11. The third-order valence-corrected chi connectivity index (χ3v) is 4.89. The van der Waals surface area contributed by atoms with Crippen LogP contribution in [0.1, 0.15) is 21.8 Å². The molecule has 0 radical (unpaired) electrons. The molecule has 2 heterocycles. The number of amides is 1. The first-order valence-corrected chi connectivity index (χ1v) is 7.97. The van der Waals surface area contributed by atoms with E-state index in [-0.39, 0.29) is 34.6 Å². The molecular weight excluding hydrogens is 311 g/mol. The van der Waals surface area contributed by atoms with Crippen molar-refractivity contribution in [3.63, 3.8) is 0 Å². The van der Waals surface area contributed by atoms with Crippen LogP contribution in [0.25, 0.3) is 0 Å². The lowest BCUT2D eigenvalue weighted by molar-refractivity contribution is -0.117. The smallest absolute Gasteiger partial charge is 0.347 e. The molecule has 1 unspecified atom stereocenters. The molecule has 1 aromatic heterocycles. The van der Waals surface area contributed by atoms with E-state index >= 15 is 0 Å². The normalized spacial score (nSPS) is 19.6. The zero-order chi connectivity index (χ0) is 15.1. The van der Waals surface area contributed by atoms with Gasteiger partial charge < -0.3 is 5.11 Å². The number of carboxylic acid groups (broad SMARTS) is 1. The van der Waals surface area contributed by atoms with Gasteiger partial charge in [0.25, 0.3) is 0 Å². The van der Waals surface area contributed by atoms with Crippen LogP contribution in [0.5, 0.6) is 0 Å². The van der Waals surface area contributed by atoms with Gasteiger partial charge in [0.05, 0.1) is 11.4 Å². The number of hydrogen-bond acceptors (Lipinski definition) is 6. The van der Waals surface area contributed by atoms with Crippen molar-refractivity contribution < 1.29 is 27.0 Å². The SMILES string of the molecule is Cc1nc(N2CC(CS(=O)(=O)F)CC2=O)sc1C(=O)O. The molecule has 2 rings (SSSR count). The molecule has 1 N–H and O–H groups in total. The number of aryl methyl sites for hydroxylation is 1. The molecule has 0 aliphatic carbocycles. The van der Waals surface area contributed by atoms with E-state index in [4.69, 9.17) is 5.11 Å². The number of carbonyl (C=O) groups excluding carboxylic acids is 1. The molecule has 7 nitrogen and oxygen atoms in total. The minimum Gasteiger partial charge on any atom is -0.477 e.